The zero-order chi connectivity index (χ0) is 52.5. The van der Waals surface area contributed by atoms with Crippen LogP contribution in [0, 0.1) is 0 Å². The van der Waals surface area contributed by atoms with E-state index in [9.17, 15) is 0 Å². The van der Waals surface area contributed by atoms with Gasteiger partial charge >= 0.3 is 0 Å². The first-order valence-corrected chi connectivity index (χ1v) is 27.3. The summed E-state index contributed by atoms with van der Waals surface area (Å²) in [7, 11) is 0. The van der Waals surface area contributed by atoms with E-state index in [4.69, 9.17) is 0 Å². The van der Waals surface area contributed by atoms with Crippen molar-refractivity contribution in [1.29, 1.82) is 0 Å². The average molecular weight is 990 g/mol. The van der Waals surface area contributed by atoms with Crippen molar-refractivity contribution >= 4 is 17.1 Å². The van der Waals surface area contributed by atoms with Crippen LogP contribution < -0.4 is 4.90 Å². The molecule has 0 heterocycles. The molecule has 372 valence electrons. The maximum absolute atomic E-state index is 2.52. The van der Waals surface area contributed by atoms with E-state index in [0.717, 1.165) is 22.6 Å². The zero-order valence-electron chi connectivity index (χ0n) is 44.9. The third-order valence-electron chi connectivity index (χ3n) is 16.7. The number of nitrogens with zero attached hydrogens (tertiary/aromatic N) is 1. The van der Waals surface area contributed by atoms with Gasteiger partial charge in [0.05, 0.1) is 10.8 Å². The van der Waals surface area contributed by atoms with E-state index >= 15 is 0 Å². The van der Waals surface area contributed by atoms with Crippen molar-refractivity contribution in [3.8, 4) is 44.5 Å². The summed E-state index contributed by atoms with van der Waals surface area (Å²) in [6.45, 7) is 13.9. The predicted octanol–water partition coefficient (Wildman–Crippen LogP) is 19.8. The number of anilines is 3. The fourth-order valence-electron chi connectivity index (χ4n) is 13.0. The van der Waals surface area contributed by atoms with Gasteiger partial charge in [-0.15, -0.1) is 0 Å². The summed E-state index contributed by atoms with van der Waals surface area (Å²) in [5.74, 6) is 0. The highest BCUT2D eigenvalue weighted by atomic mass is 15.1. The Bertz CT molecular complexity index is 4000. The van der Waals surface area contributed by atoms with Gasteiger partial charge in [-0.2, -0.15) is 0 Å². The van der Waals surface area contributed by atoms with Crippen LogP contribution >= 0.6 is 0 Å². The molecule has 1 heteroatoms. The first kappa shape index (κ1) is 47.9. The lowest BCUT2D eigenvalue weighted by molar-refractivity contribution is 0.587. The zero-order valence-corrected chi connectivity index (χ0v) is 44.9. The normalized spacial score (nSPS) is 16.3. The van der Waals surface area contributed by atoms with Crippen molar-refractivity contribution in [1.82, 2.24) is 0 Å². The number of benzene rings is 11. The van der Waals surface area contributed by atoms with Gasteiger partial charge in [0, 0.05) is 17.1 Å². The van der Waals surface area contributed by atoms with Crippen LogP contribution in [0.5, 0.6) is 0 Å². The second-order valence-corrected chi connectivity index (χ2v) is 23.3. The van der Waals surface area contributed by atoms with Crippen LogP contribution in [-0.2, 0) is 21.7 Å². The van der Waals surface area contributed by atoms with E-state index in [1.54, 1.807) is 0 Å². The molecule has 0 amide bonds. The van der Waals surface area contributed by atoms with Gasteiger partial charge in [0.1, 0.15) is 0 Å². The molecule has 0 radical (unpaired) electrons. The number of hydrogen-bond donors (Lipinski definition) is 0. The molecule has 2 atom stereocenters. The van der Waals surface area contributed by atoms with Crippen LogP contribution in [0.3, 0.4) is 0 Å². The summed E-state index contributed by atoms with van der Waals surface area (Å²) in [4.78, 5) is 2.52. The van der Waals surface area contributed by atoms with Gasteiger partial charge < -0.3 is 4.90 Å². The molecule has 0 saturated carbocycles. The minimum absolute atomic E-state index is 0.0457. The first-order valence-electron chi connectivity index (χ1n) is 27.3. The van der Waals surface area contributed by atoms with Crippen LogP contribution in [0.15, 0.2) is 273 Å². The molecular weight excluding hydrogens is 927 g/mol. The molecule has 1 nitrogen and oxygen atoms in total. The molecule has 0 aromatic heterocycles. The molecule has 13 rings (SSSR count). The van der Waals surface area contributed by atoms with Gasteiger partial charge in [-0.25, -0.2) is 0 Å². The van der Waals surface area contributed by atoms with E-state index in [2.05, 4.69) is 319 Å². The molecule has 2 aliphatic carbocycles. The Morgan fingerprint density at radius 1 is 0.247 bits per heavy atom. The maximum Gasteiger partial charge on any atom is 0.0714 e. The molecular formula is C76H63N. The Morgan fingerprint density at radius 3 is 1.23 bits per heavy atom. The Morgan fingerprint density at radius 2 is 0.636 bits per heavy atom. The average Bonchev–Trinajstić information content (AvgIpc) is 4.13. The summed E-state index contributed by atoms with van der Waals surface area (Å²) >= 11 is 0. The molecule has 0 aliphatic heterocycles. The lowest BCUT2D eigenvalue weighted by Crippen LogP contribution is -2.30. The molecule has 2 unspecified atom stereocenters. The lowest BCUT2D eigenvalue weighted by atomic mass is 9.66. The molecule has 0 saturated heterocycles. The van der Waals surface area contributed by atoms with Crippen molar-refractivity contribution in [2.24, 2.45) is 0 Å². The Hall–Kier alpha value is -8.78. The van der Waals surface area contributed by atoms with Gasteiger partial charge in [0.25, 0.3) is 0 Å². The van der Waals surface area contributed by atoms with Gasteiger partial charge in [0.2, 0.25) is 0 Å². The number of rotatable bonds is 9. The molecule has 0 fully saturated rings. The van der Waals surface area contributed by atoms with E-state index in [-0.39, 0.29) is 10.8 Å². The molecule has 11 aromatic rings. The van der Waals surface area contributed by atoms with Crippen molar-refractivity contribution < 1.29 is 0 Å². The van der Waals surface area contributed by atoms with Gasteiger partial charge in [-0.05, 0) is 153 Å². The van der Waals surface area contributed by atoms with Crippen LogP contribution in [0.4, 0.5) is 17.1 Å². The van der Waals surface area contributed by atoms with Crippen molar-refractivity contribution in [2.75, 3.05) is 4.90 Å². The Labute approximate surface area is 455 Å². The van der Waals surface area contributed by atoms with E-state index in [1.807, 2.05) is 0 Å². The summed E-state index contributed by atoms with van der Waals surface area (Å²) in [6, 6.07) is 103. The molecule has 11 aromatic carbocycles. The van der Waals surface area contributed by atoms with Crippen LogP contribution in [0.25, 0.3) is 44.5 Å². The largest absolute Gasteiger partial charge is 0.310 e. The fraction of sp³-hybridized carbons (Fsp3) is 0.132. The summed E-state index contributed by atoms with van der Waals surface area (Å²) < 4.78 is 0. The molecule has 0 N–H and O–H groups in total. The molecule has 0 bridgehead atoms. The quantitative estimate of drug-likeness (QED) is 0.139. The predicted molar refractivity (Wildman–Crippen MR) is 324 cm³/mol. The van der Waals surface area contributed by atoms with Crippen molar-refractivity contribution in [3.05, 3.63) is 329 Å². The molecule has 77 heavy (non-hydrogen) atoms. The highest BCUT2D eigenvalue weighted by Gasteiger charge is 2.48. The van der Waals surface area contributed by atoms with E-state index < -0.39 is 10.8 Å². The monoisotopic (exact) mass is 989 g/mol. The topological polar surface area (TPSA) is 3.24 Å². The minimum atomic E-state index is -0.601. The third kappa shape index (κ3) is 7.82. The van der Waals surface area contributed by atoms with Crippen molar-refractivity contribution in [2.45, 2.75) is 63.2 Å². The highest BCUT2D eigenvalue weighted by Crippen LogP contribution is 2.60. The molecule has 0 spiro atoms. The maximum atomic E-state index is 2.52. The lowest BCUT2D eigenvalue weighted by Gasteiger charge is -2.37. The van der Waals surface area contributed by atoms with Crippen LogP contribution in [-0.4, -0.2) is 0 Å². The Kier molecular flexibility index (Phi) is 11.5. The number of fused-ring (bicyclic) bond motifs is 6. The standard InChI is InChI=1S/C76H63N/c1-73(2,3)58-33-22-34-60(48-58)75(56-29-12-8-13-30-56)69-40-18-17-39-66(69)68-45-43-64(51-72(68)75)77(62-36-21-28-55(47-62)54-27-20-26-53(46-54)52-24-10-7-11-25-52)63-37-23-35-61(49-63)76(57-31-14-9-15-32-57)70-41-19-16-38-65(70)67-44-42-59(50-71(67)76)74(4,5)6/h7-51H,1-6H3. The third-order valence-corrected chi connectivity index (χ3v) is 16.7. The van der Waals surface area contributed by atoms with Crippen LogP contribution in [0.2, 0.25) is 0 Å². The van der Waals surface area contributed by atoms with Crippen molar-refractivity contribution in [3.63, 3.8) is 0 Å². The second-order valence-electron chi connectivity index (χ2n) is 23.3. The number of hydrogen-bond acceptors (Lipinski definition) is 1. The Balaban J connectivity index is 1.08. The summed E-state index contributed by atoms with van der Waals surface area (Å²) in [5, 5.41) is 0. The smallest absolute Gasteiger partial charge is 0.0714 e. The van der Waals surface area contributed by atoms with E-state index in [1.165, 1.54) is 94.6 Å². The minimum Gasteiger partial charge on any atom is -0.310 e. The highest BCUT2D eigenvalue weighted by molar-refractivity contribution is 5.92. The van der Waals surface area contributed by atoms with Gasteiger partial charge in [-0.3, -0.25) is 0 Å². The summed E-state index contributed by atoms with van der Waals surface area (Å²) in [6.07, 6.45) is 0. The first-order chi connectivity index (χ1) is 37.4. The summed E-state index contributed by atoms with van der Waals surface area (Å²) in [5.41, 5.74) is 24.6. The van der Waals surface area contributed by atoms with E-state index in [0.29, 0.717) is 0 Å². The second kappa shape index (κ2) is 18.5. The fourth-order valence-corrected chi connectivity index (χ4v) is 13.0. The van der Waals surface area contributed by atoms with Gasteiger partial charge in [0.15, 0.2) is 0 Å². The molecule has 2 aliphatic rings. The van der Waals surface area contributed by atoms with Crippen LogP contribution in [0.1, 0.15) is 97.2 Å². The van der Waals surface area contributed by atoms with Gasteiger partial charge in [-0.1, -0.05) is 272 Å². The SMILES string of the molecule is CC(C)(C)c1cccc(C2(c3ccccc3)c3ccccc3-c3ccc(N(c4cccc(-c5cccc(-c6ccccc6)c5)c4)c4cccc(C5(c6ccccc6)c6ccccc6-c6ccc(C(C)(C)C)cc65)c4)cc32)c1.